The van der Waals surface area contributed by atoms with Crippen LogP contribution in [0.1, 0.15) is 5.69 Å². The first-order chi connectivity index (χ1) is 18.3. The fraction of sp³-hybridized carbons (Fsp3) is 0.238. The van der Waals surface area contributed by atoms with Crippen LogP contribution in [0.25, 0.3) is 11.4 Å². The lowest BCUT2D eigenvalue weighted by atomic mass is 10.0. The number of H-pyrrole nitrogens is 1. The number of thiazole rings is 1. The van der Waals surface area contributed by atoms with Gasteiger partial charge in [-0.3, -0.25) is 19.6 Å². The number of rotatable bonds is 8. The summed E-state index contributed by atoms with van der Waals surface area (Å²) in [5.74, 6) is -1.57. The number of amides is 2. The van der Waals surface area contributed by atoms with Crippen LogP contribution in [0.4, 0.5) is 11.1 Å². The molecule has 1 fully saturated rings. The predicted molar refractivity (Wildman–Crippen MR) is 136 cm³/mol. The van der Waals surface area contributed by atoms with Crippen LogP contribution in [0.2, 0.25) is 0 Å². The molecule has 0 saturated carbocycles. The van der Waals surface area contributed by atoms with Crippen molar-refractivity contribution < 1.29 is 28.9 Å². The molecule has 0 aromatic carbocycles. The summed E-state index contributed by atoms with van der Waals surface area (Å²) in [6.45, 7) is 0.218. The van der Waals surface area contributed by atoms with Crippen molar-refractivity contribution in [2.24, 2.45) is 5.16 Å². The van der Waals surface area contributed by atoms with Crippen molar-refractivity contribution in [2.75, 3.05) is 24.3 Å². The molecular weight excluding hydrogens is 536 g/mol. The van der Waals surface area contributed by atoms with Gasteiger partial charge in [-0.25, -0.2) is 14.3 Å². The third-order valence-corrected chi connectivity index (χ3v) is 7.72. The van der Waals surface area contributed by atoms with E-state index >= 15 is 0 Å². The highest BCUT2D eigenvalue weighted by atomic mass is 32.2. The maximum Gasteiger partial charge on any atom is 0.352 e. The molecule has 3 aromatic rings. The van der Waals surface area contributed by atoms with E-state index in [2.05, 4.69) is 30.6 Å². The molecule has 38 heavy (non-hydrogen) atoms. The zero-order chi connectivity index (χ0) is 27.0. The number of nitrogens with two attached hydrogens (primary N) is 2. The number of anilines is 2. The van der Waals surface area contributed by atoms with Crippen molar-refractivity contribution in [3.05, 3.63) is 46.9 Å². The first-order valence-electron chi connectivity index (χ1n) is 11.0. The number of carboxylic acids is 1. The number of hydrogen-bond acceptors (Lipinski definition) is 12. The van der Waals surface area contributed by atoms with Gasteiger partial charge in [-0.1, -0.05) is 5.16 Å². The number of carboxylic acid groups (broad SMARTS) is 1. The molecule has 17 heteroatoms. The van der Waals surface area contributed by atoms with Gasteiger partial charge < -0.3 is 26.7 Å². The lowest BCUT2D eigenvalue weighted by Crippen LogP contribution is -2.71. The summed E-state index contributed by atoms with van der Waals surface area (Å²) in [6, 6.07) is 2.64. The van der Waals surface area contributed by atoms with Crippen molar-refractivity contribution >= 4 is 57.7 Å². The number of hydrogen-bond donors (Lipinski definition) is 5. The topological polar surface area (TPSA) is 219 Å². The summed E-state index contributed by atoms with van der Waals surface area (Å²) < 4.78 is 1.78. The van der Waals surface area contributed by atoms with Crippen LogP contribution in [0.5, 0.6) is 0 Å². The van der Waals surface area contributed by atoms with Crippen LogP contribution in [0.3, 0.4) is 0 Å². The van der Waals surface area contributed by atoms with Crippen LogP contribution in [-0.2, 0) is 25.8 Å². The zero-order valence-electron chi connectivity index (χ0n) is 19.7. The molecule has 196 valence electrons. The number of carbonyl (C=O) groups is 3. The summed E-state index contributed by atoms with van der Waals surface area (Å²) in [6.07, 6.45) is 3.54. The van der Waals surface area contributed by atoms with E-state index in [0.717, 1.165) is 11.3 Å². The number of pyridine rings is 1. The number of thioether (sulfide) groups is 1. The Bertz CT molecular complexity index is 1500. The lowest BCUT2D eigenvalue weighted by molar-refractivity contribution is -0.688. The third kappa shape index (κ3) is 4.63. The average molecular weight is 558 g/mol. The number of aliphatic carboxylic acids is 1. The van der Waals surface area contributed by atoms with E-state index in [1.165, 1.54) is 23.8 Å². The first-order valence-corrected chi connectivity index (χ1v) is 12.9. The molecule has 2 aliphatic rings. The van der Waals surface area contributed by atoms with E-state index < -0.39 is 29.2 Å². The summed E-state index contributed by atoms with van der Waals surface area (Å²) in [4.78, 5) is 52.3. The Kier molecular flexibility index (Phi) is 6.68. The second kappa shape index (κ2) is 10.1. The minimum Gasteiger partial charge on any atom is -0.477 e. The molecule has 2 aliphatic heterocycles. The molecular formula is C21H21N10O5S2+. The number of aromatic nitrogens is 5. The number of carbonyl (C=O) groups excluding carboxylic acids is 2. The minimum atomic E-state index is -1.23. The Balaban J connectivity index is 1.35. The van der Waals surface area contributed by atoms with Crippen molar-refractivity contribution in [2.45, 2.75) is 18.0 Å². The molecule has 3 aromatic heterocycles. The maximum atomic E-state index is 13.1. The van der Waals surface area contributed by atoms with Gasteiger partial charge in [-0.15, -0.1) is 28.2 Å². The lowest BCUT2D eigenvalue weighted by Gasteiger charge is -2.49. The Morgan fingerprint density at radius 3 is 2.87 bits per heavy atom. The largest absolute Gasteiger partial charge is 0.477 e. The quantitative estimate of drug-likeness (QED) is 0.0996. The predicted octanol–water partition coefficient (Wildman–Crippen LogP) is -0.831. The average Bonchev–Trinajstić information content (AvgIpc) is 3.53. The fourth-order valence-electron chi connectivity index (χ4n) is 4.09. The molecule has 2 amide bonds. The van der Waals surface area contributed by atoms with Gasteiger partial charge in [0.2, 0.25) is 5.95 Å². The number of nitrogens with zero attached hydrogens (tertiary/aromatic N) is 6. The van der Waals surface area contributed by atoms with Gasteiger partial charge in [0.1, 0.15) is 29.9 Å². The molecule has 15 nitrogen and oxygen atoms in total. The number of β-lactam (4-membered cyclic amide) rings is 1. The minimum absolute atomic E-state index is 0.107. The highest BCUT2D eigenvalue weighted by Crippen LogP contribution is 2.40. The second-order valence-electron chi connectivity index (χ2n) is 8.12. The molecule has 5 rings (SSSR count). The summed E-state index contributed by atoms with van der Waals surface area (Å²) in [7, 11) is 1.27. The van der Waals surface area contributed by atoms with Crippen molar-refractivity contribution in [3.63, 3.8) is 0 Å². The molecule has 0 aliphatic carbocycles. The molecule has 1 saturated heterocycles. The van der Waals surface area contributed by atoms with Crippen LogP contribution < -0.4 is 21.4 Å². The SMILES string of the molecule is CO/N=C(\C(=O)N[C@@H]1C(=O)N2C(C(=O)O)=C(C[n+]3cccc(-c4nc(N)n[nH]4)c3)CS[C@H]12)c1csc(N)n1. The first kappa shape index (κ1) is 25.2. The summed E-state index contributed by atoms with van der Waals surface area (Å²) >= 11 is 2.47. The van der Waals surface area contributed by atoms with Crippen LogP contribution in [-0.4, -0.2) is 77.9 Å². The molecule has 2 atom stereocenters. The fourth-order valence-corrected chi connectivity index (χ4v) is 5.97. The van der Waals surface area contributed by atoms with Crippen LogP contribution in [0, 0.1) is 0 Å². The highest BCUT2D eigenvalue weighted by molar-refractivity contribution is 8.00. The van der Waals surface area contributed by atoms with Crippen molar-refractivity contribution in [3.8, 4) is 11.4 Å². The Morgan fingerprint density at radius 2 is 2.21 bits per heavy atom. The van der Waals surface area contributed by atoms with Gasteiger partial charge in [0.25, 0.3) is 11.8 Å². The Hall–Kier alpha value is -4.51. The van der Waals surface area contributed by atoms with Gasteiger partial charge in [0, 0.05) is 22.8 Å². The Labute approximate surface area is 222 Å². The van der Waals surface area contributed by atoms with E-state index in [9.17, 15) is 19.5 Å². The van der Waals surface area contributed by atoms with Gasteiger partial charge >= 0.3 is 5.97 Å². The third-order valence-electron chi connectivity index (χ3n) is 5.71. The Morgan fingerprint density at radius 1 is 1.39 bits per heavy atom. The van der Waals surface area contributed by atoms with E-state index in [4.69, 9.17) is 16.3 Å². The van der Waals surface area contributed by atoms with E-state index in [1.54, 1.807) is 28.4 Å². The number of aromatic amines is 1. The zero-order valence-corrected chi connectivity index (χ0v) is 21.3. The maximum absolute atomic E-state index is 13.1. The standard InChI is InChI=1S/C21H20N10O5S2/c1-36-29-12(11-8-38-21(23)24-11)16(32)25-13-17(33)31-14(19(34)35)10(7-37-18(13)31)6-30-4-2-3-9(5-30)15-26-20(22)28-27-15/h2-5,8,13,18H,6-7H2,1H3,(H6-,22,23,24,25,26,27,28,29,32,34,35)/p+1/t13-,18-/m1/s1. The highest BCUT2D eigenvalue weighted by Gasteiger charge is 2.54. The van der Waals surface area contributed by atoms with Crippen molar-refractivity contribution in [1.82, 2.24) is 30.4 Å². The van der Waals surface area contributed by atoms with Gasteiger partial charge in [-0.2, -0.15) is 4.98 Å². The van der Waals surface area contributed by atoms with Gasteiger partial charge in [0.05, 0.1) is 5.56 Å². The molecule has 5 heterocycles. The monoisotopic (exact) mass is 557 g/mol. The number of oxime groups is 1. The van der Waals surface area contributed by atoms with E-state index in [1.807, 2.05) is 6.07 Å². The van der Waals surface area contributed by atoms with E-state index in [0.29, 0.717) is 22.7 Å². The summed E-state index contributed by atoms with van der Waals surface area (Å²) in [5.41, 5.74) is 12.4. The van der Waals surface area contributed by atoms with E-state index in [-0.39, 0.29) is 34.7 Å². The smallest absolute Gasteiger partial charge is 0.352 e. The summed E-state index contributed by atoms with van der Waals surface area (Å²) in [5, 5.41) is 24.1. The molecule has 0 bridgehead atoms. The number of nitrogen functional groups attached to an aromatic ring is 2. The molecule has 0 spiro atoms. The molecule has 0 radical (unpaired) electrons. The van der Waals surface area contributed by atoms with Gasteiger partial charge in [0.15, 0.2) is 35.6 Å². The number of nitrogens with one attached hydrogen (secondary N) is 2. The second-order valence-corrected chi connectivity index (χ2v) is 10.1. The molecule has 0 unspecified atom stereocenters. The van der Waals surface area contributed by atoms with Crippen molar-refractivity contribution in [1.29, 1.82) is 0 Å². The van der Waals surface area contributed by atoms with Crippen LogP contribution in [0.15, 0.2) is 46.3 Å². The normalized spacial score (nSPS) is 19.1. The number of fused-ring (bicyclic) bond motifs is 1. The van der Waals surface area contributed by atoms with Crippen LogP contribution >= 0.6 is 23.1 Å². The van der Waals surface area contributed by atoms with Gasteiger partial charge in [-0.05, 0) is 6.07 Å². The molecule has 7 N–H and O–H groups in total.